The lowest BCUT2D eigenvalue weighted by Crippen LogP contribution is -2.51. The average molecular weight is 458 g/mol. The molecule has 0 unspecified atom stereocenters. The van der Waals surface area contributed by atoms with Gasteiger partial charge >= 0.3 is 0 Å². The summed E-state index contributed by atoms with van der Waals surface area (Å²) in [6.07, 6.45) is 8.09. The van der Waals surface area contributed by atoms with Crippen molar-refractivity contribution in [2.24, 2.45) is 17.3 Å². The van der Waals surface area contributed by atoms with Crippen molar-refractivity contribution in [2.75, 3.05) is 25.1 Å². The summed E-state index contributed by atoms with van der Waals surface area (Å²) in [5.41, 5.74) is 5.48. The predicted molar refractivity (Wildman–Crippen MR) is 134 cm³/mol. The molecule has 1 N–H and O–H groups in total. The van der Waals surface area contributed by atoms with E-state index in [0.717, 1.165) is 56.5 Å². The molecule has 1 aromatic carbocycles. The Balaban J connectivity index is 1.52. The highest BCUT2D eigenvalue weighted by atomic mass is 16.5. The summed E-state index contributed by atoms with van der Waals surface area (Å²) in [5, 5.41) is 11.8. The minimum Gasteiger partial charge on any atom is -0.490 e. The zero-order valence-electron chi connectivity index (χ0n) is 20.6. The highest BCUT2D eigenvalue weighted by Gasteiger charge is 2.62. The minimum atomic E-state index is -0.940. The molecule has 1 aromatic rings. The number of benzene rings is 1. The van der Waals surface area contributed by atoms with Crippen molar-refractivity contribution < 1.29 is 14.6 Å². The monoisotopic (exact) mass is 457 g/mol. The summed E-state index contributed by atoms with van der Waals surface area (Å²) in [6, 6.07) is 6.72. The van der Waals surface area contributed by atoms with E-state index in [1.807, 2.05) is 13.0 Å². The van der Waals surface area contributed by atoms with Gasteiger partial charge in [-0.15, -0.1) is 5.92 Å². The van der Waals surface area contributed by atoms with E-state index in [9.17, 15) is 9.90 Å². The predicted octanol–water partition coefficient (Wildman–Crippen LogP) is 5.17. The Morgan fingerprint density at radius 1 is 1.21 bits per heavy atom. The molecule has 4 aliphatic carbocycles. The number of carbonyl (C=O) groups excluding carboxylic acids is 1. The van der Waals surface area contributed by atoms with Gasteiger partial charge in [-0.05, 0) is 92.2 Å². The van der Waals surface area contributed by atoms with E-state index in [0.29, 0.717) is 24.9 Å². The van der Waals surface area contributed by atoms with Gasteiger partial charge in [-0.1, -0.05) is 24.5 Å². The lowest BCUT2D eigenvalue weighted by Gasteiger charge is -2.53. The van der Waals surface area contributed by atoms with Gasteiger partial charge in [0.25, 0.3) is 0 Å². The molecule has 34 heavy (non-hydrogen) atoms. The SMILES string of the molecule is CC#C[C@]1(O)CC[C@H]2[C@@H]3CCC4=CC(=O)CCC4=C3[C@@H](c3ccc4c(c3)OCCN4C)C[C@@]21C. The van der Waals surface area contributed by atoms with E-state index in [1.54, 1.807) is 5.57 Å². The van der Waals surface area contributed by atoms with Crippen LogP contribution in [0.2, 0.25) is 0 Å². The van der Waals surface area contributed by atoms with E-state index >= 15 is 0 Å². The zero-order valence-corrected chi connectivity index (χ0v) is 20.6. The fourth-order valence-corrected chi connectivity index (χ4v) is 7.97. The highest BCUT2D eigenvalue weighted by molar-refractivity contribution is 5.93. The van der Waals surface area contributed by atoms with Crippen LogP contribution in [0.5, 0.6) is 5.75 Å². The Labute approximate surface area is 203 Å². The van der Waals surface area contributed by atoms with Crippen molar-refractivity contribution in [1.82, 2.24) is 0 Å². The number of carbonyl (C=O) groups is 1. The molecule has 6 rings (SSSR count). The molecule has 5 atom stereocenters. The van der Waals surface area contributed by atoms with Crippen LogP contribution >= 0.6 is 0 Å². The number of ether oxygens (including phenoxy) is 1. The quantitative estimate of drug-likeness (QED) is 0.591. The second-order valence-electron chi connectivity index (χ2n) is 11.3. The zero-order chi connectivity index (χ0) is 23.7. The molecule has 5 aliphatic rings. The van der Waals surface area contributed by atoms with E-state index < -0.39 is 5.60 Å². The van der Waals surface area contributed by atoms with Gasteiger partial charge in [-0.2, -0.15) is 0 Å². The second-order valence-corrected chi connectivity index (χ2v) is 11.3. The minimum absolute atomic E-state index is 0.211. The molecule has 178 valence electrons. The van der Waals surface area contributed by atoms with Gasteiger partial charge in [-0.25, -0.2) is 0 Å². The molecular weight excluding hydrogens is 422 g/mol. The van der Waals surface area contributed by atoms with Gasteiger partial charge < -0.3 is 14.7 Å². The summed E-state index contributed by atoms with van der Waals surface area (Å²) in [4.78, 5) is 14.5. The first-order valence-electron chi connectivity index (χ1n) is 13.0. The van der Waals surface area contributed by atoms with Gasteiger partial charge in [0.15, 0.2) is 5.78 Å². The summed E-state index contributed by atoms with van der Waals surface area (Å²) in [6.45, 7) is 5.74. The number of likely N-dealkylation sites (N-methyl/N-ethyl adjacent to an activating group) is 1. The number of hydrogen-bond acceptors (Lipinski definition) is 4. The van der Waals surface area contributed by atoms with Crippen molar-refractivity contribution in [1.29, 1.82) is 0 Å². The highest BCUT2D eigenvalue weighted by Crippen LogP contribution is 2.66. The van der Waals surface area contributed by atoms with Crippen molar-refractivity contribution in [3.63, 3.8) is 0 Å². The third-order valence-corrected chi connectivity index (χ3v) is 9.70. The molecule has 1 heterocycles. The number of allylic oxidation sites excluding steroid dienone is 4. The summed E-state index contributed by atoms with van der Waals surface area (Å²) in [7, 11) is 2.12. The fraction of sp³-hybridized carbons (Fsp3) is 0.567. The van der Waals surface area contributed by atoms with Crippen molar-refractivity contribution in [2.45, 2.75) is 70.3 Å². The van der Waals surface area contributed by atoms with Crippen LogP contribution in [-0.2, 0) is 4.79 Å². The molecule has 2 saturated carbocycles. The van der Waals surface area contributed by atoms with Gasteiger partial charge in [0, 0.05) is 24.8 Å². The summed E-state index contributed by atoms with van der Waals surface area (Å²) in [5.74, 6) is 8.61. The molecule has 4 nitrogen and oxygen atoms in total. The Kier molecular flexibility index (Phi) is 5.01. The standard InChI is InChI=1S/C30H35NO3/c1-4-12-30(33)13-11-25-23-8-5-19-16-21(32)7-9-22(19)28(23)24(18-29(25,30)2)20-6-10-26-27(17-20)34-15-14-31(26)3/h6,10,16-17,23-25,33H,5,7-9,11,13-15,18H2,1-3H3/t23-,24+,25-,29-,30-/m0/s1. The maximum atomic E-state index is 12.2. The smallest absolute Gasteiger partial charge is 0.156 e. The maximum absolute atomic E-state index is 12.2. The maximum Gasteiger partial charge on any atom is 0.156 e. The van der Waals surface area contributed by atoms with Crippen molar-refractivity contribution in [3.8, 4) is 17.6 Å². The number of fused-ring (bicyclic) bond motifs is 5. The Morgan fingerprint density at radius 2 is 2.06 bits per heavy atom. The summed E-state index contributed by atoms with van der Waals surface area (Å²) < 4.78 is 6.09. The molecule has 0 bridgehead atoms. The van der Waals surface area contributed by atoms with Gasteiger partial charge in [0.2, 0.25) is 0 Å². The molecule has 0 aromatic heterocycles. The fourth-order valence-electron chi connectivity index (χ4n) is 7.97. The van der Waals surface area contributed by atoms with Gasteiger partial charge in [0.1, 0.15) is 18.0 Å². The van der Waals surface area contributed by atoms with Crippen LogP contribution < -0.4 is 9.64 Å². The lowest BCUT2D eigenvalue weighted by molar-refractivity contribution is -0.114. The van der Waals surface area contributed by atoms with Crippen LogP contribution in [0.1, 0.15) is 70.3 Å². The molecule has 1 aliphatic heterocycles. The Morgan fingerprint density at radius 3 is 2.88 bits per heavy atom. The van der Waals surface area contributed by atoms with Crippen molar-refractivity contribution in [3.05, 3.63) is 46.6 Å². The first kappa shape index (κ1) is 22.0. The normalized spacial score (nSPS) is 36.4. The van der Waals surface area contributed by atoms with Gasteiger partial charge in [-0.3, -0.25) is 4.79 Å². The number of hydrogen-bond donors (Lipinski definition) is 1. The number of rotatable bonds is 1. The number of aliphatic hydroxyl groups is 1. The molecule has 0 saturated heterocycles. The second kappa shape index (κ2) is 7.75. The van der Waals surface area contributed by atoms with Crippen LogP contribution in [0.4, 0.5) is 5.69 Å². The lowest BCUT2D eigenvalue weighted by atomic mass is 9.51. The molecule has 4 heteroatoms. The van der Waals surface area contributed by atoms with Crippen LogP contribution in [0, 0.1) is 29.1 Å². The first-order valence-corrected chi connectivity index (χ1v) is 13.0. The molecule has 2 fully saturated rings. The number of nitrogens with zero attached hydrogens (tertiary/aromatic N) is 1. The molecular formula is C30H35NO3. The molecule has 0 spiro atoms. The molecule has 0 amide bonds. The van der Waals surface area contributed by atoms with Crippen molar-refractivity contribution >= 4 is 11.5 Å². The van der Waals surface area contributed by atoms with Crippen LogP contribution in [-0.4, -0.2) is 36.7 Å². The van der Waals surface area contributed by atoms with E-state index in [4.69, 9.17) is 4.74 Å². The van der Waals surface area contributed by atoms with Gasteiger partial charge in [0.05, 0.1) is 12.2 Å². The topological polar surface area (TPSA) is 49.8 Å². The van der Waals surface area contributed by atoms with Crippen LogP contribution in [0.25, 0.3) is 0 Å². The van der Waals surface area contributed by atoms with E-state index in [2.05, 4.69) is 48.9 Å². The van der Waals surface area contributed by atoms with E-state index in [1.165, 1.54) is 16.7 Å². The van der Waals surface area contributed by atoms with Crippen LogP contribution in [0.15, 0.2) is 41.0 Å². The first-order chi connectivity index (χ1) is 16.3. The largest absolute Gasteiger partial charge is 0.490 e. The number of ketones is 1. The average Bonchev–Trinajstić information content (AvgIpc) is 3.08. The van der Waals surface area contributed by atoms with E-state index in [-0.39, 0.29) is 17.1 Å². The number of anilines is 1. The van der Waals surface area contributed by atoms with Crippen LogP contribution in [0.3, 0.4) is 0 Å². The Hall–Kier alpha value is -2.51. The third-order valence-electron chi connectivity index (χ3n) is 9.70. The third kappa shape index (κ3) is 3.06. The molecule has 0 radical (unpaired) electrons. The Bertz CT molecular complexity index is 1180. The summed E-state index contributed by atoms with van der Waals surface area (Å²) >= 11 is 0.